The van der Waals surface area contributed by atoms with Crippen LogP contribution < -0.4 is 10.0 Å². The summed E-state index contributed by atoms with van der Waals surface area (Å²) in [6.45, 7) is 2.37. The Morgan fingerprint density at radius 3 is 2.80 bits per heavy atom. The van der Waals surface area contributed by atoms with Crippen molar-refractivity contribution < 1.29 is 8.42 Å². The molecule has 2 heterocycles. The predicted octanol–water partition coefficient (Wildman–Crippen LogP) is 1.25. The van der Waals surface area contributed by atoms with E-state index >= 15 is 0 Å². The first-order valence-corrected chi connectivity index (χ1v) is 7.66. The molecule has 0 aliphatic carbocycles. The van der Waals surface area contributed by atoms with Gasteiger partial charge in [-0.15, -0.1) is 0 Å². The van der Waals surface area contributed by atoms with Gasteiger partial charge in [0.15, 0.2) is 0 Å². The molecule has 0 saturated carbocycles. The lowest BCUT2D eigenvalue weighted by Gasteiger charge is -2.08. The zero-order chi connectivity index (χ0) is 14.8. The molecule has 7 heteroatoms. The van der Waals surface area contributed by atoms with Crippen LogP contribution >= 0.6 is 0 Å². The van der Waals surface area contributed by atoms with Gasteiger partial charge in [-0.05, 0) is 32.2 Å². The molecule has 2 aromatic rings. The second kappa shape index (κ2) is 5.64. The van der Waals surface area contributed by atoms with Gasteiger partial charge in [-0.1, -0.05) is 0 Å². The third kappa shape index (κ3) is 3.00. The molecule has 0 amide bonds. The Morgan fingerprint density at radius 1 is 1.40 bits per heavy atom. The molecule has 0 saturated heterocycles. The Balaban J connectivity index is 2.31. The van der Waals surface area contributed by atoms with Crippen molar-refractivity contribution in [1.82, 2.24) is 14.9 Å². The van der Waals surface area contributed by atoms with Crippen LogP contribution in [0.1, 0.15) is 11.4 Å². The van der Waals surface area contributed by atoms with E-state index < -0.39 is 10.0 Å². The Labute approximate surface area is 118 Å². The monoisotopic (exact) mass is 294 g/mol. The normalized spacial score (nSPS) is 11.6. The summed E-state index contributed by atoms with van der Waals surface area (Å²) in [5, 5.41) is 3.00. The summed E-state index contributed by atoms with van der Waals surface area (Å²) in [7, 11) is 0.0439. The zero-order valence-corrected chi connectivity index (χ0v) is 12.5. The molecule has 108 valence electrons. The van der Waals surface area contributed by atoms with Gasteiger partial charge in [-0.3, -0.25) is 9.71 Å². The minimum absolute atomic E-state index is 0.244. The highest BCUT2D eigenvalue weighted by Crippen LogP contribution is 2.19. The Bertz CT molecular complexity index is 707. The number of pyridine rings is 1. The lowest BCUT2D eigenvalue weighted by atomic mass is 10.3. The number of rotatable bonds is 5. The van der Waals surface area contributed by atoms with Gasteiger partial charge in [0.25, 0.3) is 10.0 Å². The molecule has 0 atom stereocenters. The molecule has 0 aromatic carbocycles. The minimum atomic E-state index is -3.59. The average molecular weight is 294 g/mol. The van der Waals surface area contributed by atoms with Crippen LogP contribution in [0.25, 0.3) is 0 Å². The van der Waals surface area contributed by atoms with Crippen molar-refractivity contribution in [3.8, 4) is 0 Å². The van der Waals surface area contributed by atoms with Crippen LogP contribution in [0.2, 0.25) is 0 Å². The molecule has 2 rings (SSSR count). The molecule has 6 nitrogen and oxygen atoms in total. The third-order valence-electron chi connectivity index (χ3n) is 3.00. The van der Waals surface area contributed by atoms with Crippen molar-refractivity contribution in [2.45, 2.75) is 18.4 Å². The van der Waals surface area contributed by atoms with Crippen molar-refractivity contribution >= 4 is 15.7 Å². The molecule has 0 radical (unpaired) electrons. The summed E-state index contributed by atoms with van der Waals surface area (Å²) in [5.41, 5.74) is 2.03. The number of nitrogens with zero attached hydrogens (tertiary/aromatic N) is 2. The molecule has 0 aliphatic rings. The summed E-state index contributed by atoms with van der Waals surface area (Å²) < 4.78 is 29.1. The zero-order valence-electron chi connectivity index (χ0n) is 11.7. The maximum atomic E-state index is 12.4. The smallest absolute Gasteiger partial charge is 0.263 e. The van der Waals surface area contributed by atoms with E-state index in [4.69, 9.17) is 0 Å². The summed E-state index contributed by atoms with van der Waals surface area (Å²) in [6.07, 6.45) is 3.22. The third-order valence-corrected chi connectivity index (χ3v) is 4.33. The number of sulfonamides is 1. The second-order valence-electron chi connectivity index (χ2n) is 4.55. The van der Waals surface area contributed by atoms with Crippen molar-refractivity contribution in [3.05, 3.63) is 42.0 Å². The highest BCUT2D eigenvalue weighted by Gasteiger charge is 2.18. The molecule has 0 spiro atoms. The standard InChI is InChI=1S/C13H18N4O2S/c1-10-13(5-4-6-15-10)16-20(18,19)12-7-11(8-14-2)17(3)9-12/h4-7,9,14,16H,8H2,1-3H3. The van der Waals surface area contributed by atoms with Crippen LogP contribution in [-0.2, 0) is 23.6 Å². The van der Waals surface area contributed by atoms with Crippen molar-refractivity contribution in [2.24, 2.45) is 7.05 Å². The lowest BCUT2D eigenvalue weighted by Crippen LogP contribution is -2.13. The fourth-order valence-electron chi connectivity index (χ4n) is 1.88. The summed E-state index contributed by atoms with van der Waals surface area (Å²) in [5.74, 6) is 0. The van der Waals surface area contributed by atoms with E-state index in [0.717, 1.165) is 5.69 Å². The largest absolute Gasteiger partial charge is 0.352 e. The molecule has 2 aromatic heterocycles. The first-order valence-electron chi connectivity index (χ1n) is 6.18. The molecule has 0 bridgehead atoms. The summed E-state index contributed by atoms with van der Waals surface area (Å²) in [6, 6.07) is 5.05. The van der Waals surface area contributed by atoms with E-state index in [2.05, 4.69) is 15.0 Å². The number of hydrogen-bond donors (Lipinski definition) is 2. The van der Waals surface area contributed by atoms with Crippen LogP contribution in [0, 0.1) is 6.92 Å². The minimum Gasteiger partial charge on any atom is -0.352 e. The van der Waals surface area contributed by atoms with Crippen LogP contribution in [-0.4, -0.2) is 25.0 Å². The van der Waals surface area contributed by atoms with Crippen molar-refractivity contribution in [3.63, 3.8) is 0 Å². The topological polar surface area (TPSA) is 76.0 Å². The maximum absolute atomic E-state index is 12.4. The molecular formula is C13H18N4O2S. The first kappa shape index (κ1) is 14.5. The highest BCUT2D eigenvalue weighted by atomic mass is 32.2. The van der Waals surface area contributed by atoms with E-state index in [1.165, 1.54) is 0 Å². The van der Waals surface area contributed by atoms with Gasteiger partial charge in [0.05, 0.1) is 11.4 Å². The number of anilines is 1. The van der Waals surface area contributed by atoms with Crippen LogP contribution in [0.15, 0.2) is 35.5 Å². The Morgan fingerprint density at radius 2 is 2.15 bits per heavy atom. The SMILES string of the molecule is CNCc1cc(S(=O)(=O)Nc2cccnc2C)cn1C. The summed E-state index contributed by atoms with van der Waals surface area (Å²) >= 11 is 0. The van der Waals surface area contributed by atoms with Gasteiger partial charge >= 0.3 is 0 Å². The average Bonchev–Trinajstić information content (AvgIpc) is 2.75. The fourth-order valence-corrected chi connectivity index (χ4v) is 3.09. The van der Waals surface area contributed by atoms with Crippen LogP contribution in [0.3, 0.4) is 0 Å². The molecule has 0 unspecified atom stereocenters. The van der Waals surface area contributed by atoms with Gasteiger partial charge < -0.3 is 9.88 Å². The fraction of sp³-hybridized carbons (Fsp3) is 0.308. The van der Waals surface area contributed by atoms with Gasteiger partial charge in [-0.25, -0.2) is 8.42 Å². The van der Waals surface area contributed by atoms with Crippen molar-refractivity contribution in [2.75, 3.05) is 11.8 Å². The highest BCUT2D eigenvalue weighted by molar-refractivity contribution is 7.92. The molecule has 20 heavy (non-hydrogen) atoms. The lowest BCUT2D eigenvalue weighted by molar-refractivity contribution is 0.601. The second-order valence-corrected chi connectivity index (χ2v) is 6.23. The van der Waals surface area contributed by atoms with Gasteiger partial charge in [0.1, 0.15) is 4.90 Å². The van der Waals surface area contributed by atoms with Gasteiger partial charge in [0, 0.05) is 31.7 Å². The Kier molecular flexibility index (Phi) is 4.10. The molecule has 0 aliphatic heterocycles. The van der Waals surface area contributed by atoms with Gasteiger partial charge in [0.2, 0.25) is 0 Å². The van der Waals surface area contributed by atoms with E-state index in [9.17, 15) is 8.42 Å². The van der Waals surface area contributed by atoms with E-state index in [-0.39, 0.29) is 4.90 Å². The van der Waals surface area contributed by atoms with E-state index in [1.807, 2.05) is 14.1 Å². The van der Waals surface area contributed by atoms with Crippen LogP contribution in [0.5, 0.6) is 0 Å². The van der Waals surface area contributed by atoms with E-state index in [0.29, 0.717) is 17.9 Å². The molecule has 2 N–H and O–H groups in total. The number of aromatic nitrogens is 2. The van der Waals surface area contributed by atoms with Gasteiger partial charge in [-0.2, -0.15) is 0 Å². The Hall–Kier alpha value is -1.86. The quantitative estimate of drug-likeness (QED) is 0.870. The number of aryl methyl sites for hydroxylation is 2. The van der Waals surface area contributed by atoms with Crippen molar-refractivity contribution in [1.29, 1.82) is 0 Å². The number of hydrogen-bond acceptors (Lipinski definition) is 4. The predicted molar refractivity (Wildman–Crippen MR) is 78.0 cm³/mol. The number of nitrogens with one attached hydrogen (secondary N) is 2. The molecule has 0 fully saturated rings. The maximum Gasteiger partial charge on any atom is 0.263 e. The summed E-state index contributed by atoms with van der Waals surface area (Å²) in [4.78, 5) is 4.31. The molecular weight excluding hydrogens is 276 g/mol. The van der Waals surface area contributed by atoms with Crippen LogP contribution in [0.4, 0.5) is 5.69 Å². The first-order chi connectivity index (χ1) is 9.44. The van der Waals surface area contributed by atoms with E-state index in [1.54, 1.807) is 42.1 Å².